The van der Waals surface area contributed by atoms with Gasteiger partial charge in [-0.25, -0.2) is 9.48 Å². The van der Waals surface area contributed by atoms with E-state index in [-0.39, 0.29) is 12.5 Å². The van der Waals surface area contributed by atoms with Crippen LogP contribution in [0.1, 0.15) is 36.5 Å². The third-order valence-corrected chi connectivity index (χ3v) is 5.59. The van der Waals surface area contributed by atoms with Crippen molar-refractivity contribution in [2.45, 2.75) is 46.6 Å². The summed E-state index contributed by atoms with van der Waals surface area (Å²) in [6.45, 7) is 6.07. The van der Waals surface area contributed by atoms with Gasteiger partial charge in [-0.1, -0.05) is 37.6 Å². The standard InChI is InChI=1S/C25H27N5O2/c1-4-5-6-19-8-11-21(12-9-19)26-24(31)16-29-25(32)30-23(28-29)14-13-22(27-30)20-10-7-17(2)18(3)15-20/h7-15H,4-6,16H2,1-3H3,(H,26,31). The molecule has 0 saturated carbocycles. The van der Waals surface area contributed by atoms with Crippen LogP contribution in [0.5, 0.6) is 0 Å². The maximum absolute atomic E-state index is 12.8. The molecule has 0 fully saturated rings. The maximum Gasteiger partial charge on any atom is 0.367 e. The summed E-state index contributed by atoms with van der Waals surface area (Å²) in [5, 5.41) is 11.5. The number of rotatable bonds is 7. The number of aromatic nitrogens is 4. The summed E-state index contributed by atoms with van der Waals surface area (Å²) in [5.41, 5.74) is 5.84. The second-order valence-corrected chi connectivity index (χ2v) is 8.08. The number of unbranched alkanes of at least 4 members (excludes halogenated alkanes) is 1. The number of benzene rings is 2. The summed E-state index contributed by atoms with van der Waals surface area (Å²) in [6.07, 6.45) is 3.31. The molecule has 7 heteroatoms. The molecular weight excluding hydrogens is 402 g/mol. The molecule has 0 saturated heterocycles. The van der Waals surface area contributed by atoms with Crippen LogP contribution in [-0.4, -0.2) is 25.3 Å². The van der Waals surface area contributed by atoms with E-state index in [1.165, 1.54) is 15.6 Å². The first-order valence-electron chi connectivity index (χ1n) is 10.9. The largest absolute Gasteiger partial charge is 0.367 e. The third kappa shape index (κ3) is 4.61. The van der Waals surface area contributed by atoms with Gasteiger partial charge in [-0.2, -0.15) is 9.61 Å². The first-order chi connectivity index (χ1) is 15.4. The molecule has 0 aliphatic heterocycles. The zero-order valence-corrected chi connectivity index (χ0v) is 18.6. The van der Waals surface area contributed by atoms with Gasteiger partial charge in [0.25, 0.3) is 0 Å². The normalized spacial score (nSPS) is 11.1. The average molecular weight is 430 g/mol. The number of fused-ring (bicyclic) bond motifs is 1. The minimum Gasteiger partial charge on any atom is -0.324 e. The van der Waals surface area contributed by atoms with Gasteiger partial charge >= 0.3 is 5.69 Å². The molecule has 2 aromatic heterocycles. The van der Waals surface area contributed by atoms with Gasteiger partial charge in [0.1, 0.15) is 6.54 Å². The highest BCUT2D eigenvalue weighted by molar-refractivity contribution is 5.90. The second-order valence-electron chi connectivity index (χ2n) is 8.08. The van der Waals surface area contributed by atoms with E-state index in [0.29, 0.717) is 17.0 Å². The van der Waals surface area contributed by atoms with Crippen LogP contribution in [0.3, 0.4) is 0 Å². The lowest BCUT2D eigenvalue weighted by Crippen LogP contribution is -2.28. The number of nitrogens with zero attached hydrogens (tertiary/aromatic N) is 4. The highest BCUT2D eigenvalue weighted by atomic mass is 16.2. The summed E-state index contributed by atoms with van der Waals surface area (Å²) in [4.78, 5) is 25.3. The predicted molar refractivity (Wildman–Crippen MR) is 126 cm³/mol. The maximum atomic E-state index is 12.8. The molecule has 0 atom stereocenters. The zero-order chi connectivity index (χ0) is 22.7. The van der Waals surface area contributed by atoms with Crippen LogP contribution < -0.4 is 11.0 Å². The first-order valence-corrected chi connectivity index (χ1v) is 10.9. The van der Waals surface area contributed by atoms with Gasteiger partial charge in [-0.15, -0.1) is 5.10 Å². The number of aryl methyl sites for hydroxylation is 3. The lowest BCUT2D eigenvalue weighted by Gasteiger charge is -2.06. The van der Waals surface area contributed by atoms with Crippen LogP contribution in [0.15, 0.2) is 59.4 Å². The van der Waals surface area contributed by atoms with E-state index in [2.05, 4.69) is 29.4 Å². The van der Waals surface area contributed by atoms with Crippen molar-refractivity contribution >= 4 is 17.2 Å². The fourth-order valence-electron chi connectivity index (χ4n) is 3.54. The van der Waals surface area contributed by atoms with Crippen molar-refractivity contribution in [1.82, 2.24) is 19.4 Å². The van der Waals surface area contributed by atoms with Crippen molar-refractivity contribution < 1.29 is 4.79 Å². The molecule has 0 bridgehead atoms. The molecule has 0 aliphatic carbocycles. The lowest BCUT2D eigenvalue weighted by atomic mass is 10.0. The molecule has 0 unspecified atom stereocenters. The molecule has 7 nitrogen and oxygen atoms in total. The highest BCUT2D eigenvalue weighted by Gasteiger charge is 2.13. The monoisotopic (exact) mass is 429 g/mol. The molecule has 2 aromatic carbocycles. The van der Waals surface area contributed by atoms with Crippen LogP contribution in [0.2, 0.25) is 0 Å². The van der Waals surface area contributed by atoms with E-state index >= 15 is 0 Å². The van der Waals surface area contributed by atoms with Gasteiger partial charge in [0, 0.05) is 11.3 Å². The van der Waals surface area contributed by atoms with E-state index in [4.69, 9.17) is 0 Å². The Morgan fingerprint density at radius 3 is 2.47 bits per heavy atom. The van der Waals surface area contributed by atoms with Crippen molar-refractivity contribution in [2.75, 3.05) is 5.32 Å². The minimum atomic E-state index is -0.448. The van der Waals surface area contributed by atoms with E-state index in [1.807, 2.05) is 55.5 Å². The Kier molecular flexibility index (Phi) is 6.16. The van der Waals surface area contributed by atoms with Crippen LogP contribution in [0, 0.1) is 13.8 Å². The Morgan fingerprint density at radius 2 is 1.75 bits per heavy atom. The molecule has 0 aliphatic rings. The quantitative estimate of drug-likeness (QED) is 0.478. The van der Waals surface area contributed by atoms with Gasteiger partial charge < -0.3 is 5.32 Å². The predicted octanol–water partition coefficient (Wildman–Crippen LogP) is 4.16. The molecule has 4 rings (SSSR count). The Bertz CT molecular complexity index is 1320. The Balaban J connectivity index is 1.50. The van der Waals surface area contributed by atoms with Crippen LogP contribution in [0.25, 0.3) is 16.9 Å². The number of carbonyl (C=O) groups excluding carboxylic acids is 1. The molecule has 164 valence electrons. The molecular formula is C25H27N5O2. The van der Waals surface area contributed by atoms with Crippen molar-refractivity contribution in [3.05, 3.63) is 81.8 Å². The molecule has 2 heterocycles. The smallest absolute Gasteiger partial charge is 0.324 e. The topological polar surface area (TPSA) is 81.3 Å². The number of carbonyl (C=O) groups is 1. The summed E-state index contributed by atoms with van der Waals surface area (Å²) in [7, 11) is 0. The van der Waals surface area contributed by atoms with Gasteiger partial charge in [-0.3, -0.25) is 4.79 Å². The van der Waals surface area contributed by atoms with Crippen molar-refractivity contribution in [1.29, 1.82) is 0 Å². The first kappa shape index (κ1) is 21.5. The molecule has 0 radical (unpaired) electrons. The lowest BCUT2D eigenvalue weighted by molar-refractivity contribution is -0.117. The van der Waals surface area contributed by atoms with E-state index in [0.717, 1.165) is 35.1 Å². The fourth-order valence-corrected chi connectivity index (χ4v) is 3.54. The van der Waals surface area contributed by atoms with Crippen LogP contribution >= 0.6 is 0 Å². The SMILES string of the molecule is CCCCc1ccc(NC(=O)Cn2nc3ccc(-c4ccc(C)c(C)c4)nn3c2=O)cc1. The fraction of sp³-hybridized carbons (Fsp3) is 0.280. The van der Waals surface area contributed by atoms with Gasteiger partial charge in [0.15, 0.2) is 5.65 Å². The summed E-state index contributed by atoms with van der Waals surface area (Å²) < 4.78 is 2.37. The Labute approximate surface area is 186 Å². The minimum absolute atomic E-state index is 0.182. The van der Waals surface area contributed by atoms with Crippen LogP contribution in [0.4, 0.5) is 5.69 Å². The summed E-state index contributed by atoms with van der Waals surface area (Å²) >= 11 is 0. The summed E-state index contributed by atoms with van der Waals surface area (Å²) in [5.74, 6) is -0.314. The highest BCUT2D eigenvalue weighted by Crippen LogP contribution is 2.20. The van der Waals surface area contributed by atoms with Crippen molar-refractivity contribution in [2.24, 2.45) is 0 Å². The molecule has 0 spiro atoms. The number of amides is 1. The van der Waals surface area contributed by atoms with Crippen molar-refractivity contribution in [3.8, 4) is 11.3 Å². The average Bonchev–Trinajstić information content (AvgIpc) is 3.09. The molecule has 1 N–H and O–H groups in total. The molecule has 1 amide bonds. The van der Waals surface area contributed by atoms with Crippen molar-refractivity contribution in [3.63, 3.8) is 0 Å². The number of hydrogen-bond acceptors (Lipinski definition) is 4. The number of anilines is 1. The molecule has 4 aromatic rings. The van der Waals surface area contributed by atoms with E-state index in [1.54, 1.807) is 6.07 Å². The van der Waals surface area contributed by atoms with E-state index in [9.17, 15) is 9.59 Å². The third-order valence-electron chi connectivity index (χ3n) is 5.59. The Hall–Kier alpha value is -3.74. The number of hydrogen-bond donors (Lipinski definition) is 1. The van der Waals surface area contributed by atoms with Gasteiger partial charge in [0.05, 0.1) is 5.69 Å². The van der Waals surface area contributed by atoms with Crippen LogP contribution in [-0.2, 0) is 17.8 Å². The summed E-state index contributed by atoms with van der Waals surface area (Å²) in [6, 6.07) is 17.4. The van der Waals surface area contributed by atoms with E-state index < -0.39 is 5.69 Å². The second kappa shape index (κ2) is 9.18. The molecule has 32 heavy (non-hydrogen) atoms. The Morgan fingerprint density at radius 1 is 0.969 bits per heavy atom. The van der Waals surface area contributed by atoms with Gasteiger partial charge in [-0.05, 0) is 73.7 Å². The zero-order valence-electron chi connectivity index (χ0n) is 18.6. The van der Waals surface area contributed by atoms with Gasteiger partial charge in [0.2, 0.25) is 5.91 Å². The number of nitrogens with one attached hydrogen (secondary N) is 1.